The predicted octanol–water partition coefficient (Wildman–Crippen LogP) is -2.89. The Balaban J connectivity index is -0.000000480. The number of benzene rings is 1. The third kappa shape index (κ3) is 7.10. The van der Waals surface area contributed by atoms with Gasteiger partial charge in [-0.3, -0.25) is 0 Å². The van der Waals surface area contributed by atoms with Crippen LogP contribution in [0.4, 0.5) is 0 Å². The Kier molecular flexibility index (Phi) is 14.6. The van der Waals surface area contributed by atoms with E-state index in [4.69, 9.17) is 0 Å². The molecule has 15 heavy (non-hydrogen) atoms. The third-order valence-corrected chi connectivity index (χ3v) is 1.36. The maximum absolute atomic E-state index is 10.2. The molecule has 1 aromatic rings. The van der Waals surface area contributed by atoms with Crippen molar-refractivity contribution in [1.82, 2.24) is 0 Å². The van der Waals surface area contributed by atoms with Crippen LogP contribution in [0.25, 0.3) is 0 Å². The molecule has 0 unspecified atom stereocenters. The molecule has 0 saturated heterocycles. The molecule has 66 valence electrons. The Labute approximate surface area is 152 Å². The molecule has 0 N–H and O–H groups in total. The summed E-state index contributed by atoms with van der Waals surface area (Å²) in [4.78, 5) is 20.4. The molecular formula is C8H6HgNa2O4. The molecule has 0 radical (unpaired) electrons. The van der Waals surface area contributed by atoms with Crippen LogP contribution < -0.4 is 10.2 Å². The zero-order chi connectivity index (χ0) is 9.14. The van der Waals surface area contributed by atoms with Crippen molar-refractivity contribution in [1.29, 1.82) is 0 Å². The average Bonchev–Trinajstić information content (AvgIpc) is 2.04. The van der Waals surface area contributed by atoms with Gasteiger partial charge in [0.05, 0.1) is 11.9 Å². The van der Waals surface area contributed by atoms with Gasteiger partial charge in [-0.15, -0.1) is 0 Å². The van der Waals surface area contributed by atoms with Crippen molar-refractivity contribution in [3.8, 4) is 0 Å². The van der Waals surface area contributed by atoms with Crippen LogP contribution in [0.15, 0.2) is 24.3 Å². The molecule has 0 aliphatic rings. The van der Waals surface area contributed by atoms with E-state index in [1.54, 1.807) is 0 Å². The summed E-state index contributed by atoms with van der Waals surface area (Å²) in [6, 6.07) is 4.61. The number of carboxylic acid groups (broad SMARTS) is 2. The molecule has 0 fully saturated rings. The number of carbonyl (C=O) groups is 2. The molecule has 0 atom stereocenters. The fourth-order valence-corrected chi connectivity index (χ4v) is 0.742. The fraction of sp³-hybridized carbons (Fsp3) is 0. The quantitative estimate of drug-likeness (QED) is 0.489. The van der Waals surface area contributed by atoms with E-state index >= 15 is 0 Å². The standard InChI is InChI=1S/C8H6O4.Hg.2Na.2H/c9-7(10)5-1-2-6(4-3-5)8(11)12;;;;;/h1-4H,(H,9,10)(H,11,12);;;;;/q;+2;;;;/p-2. The summed E-state index contributed by atoms with van der Waals surface area (Å²) in [6.07, 6.45) is 0. The molecule has 0 aromatic heterocycles. The second-order valence-electron chi connectivity index (χ2n) is 2.15. The van der Waals surface area contributed by atoms with Crippen LogP contribution in [0, 0.1) is 0 Å². The first-order chi connectivity index (χ1) is 5.61. The van der Waals surface area contributed by atoms with Crippen LogP contribution in [0.3, 0.4) is 0 Å². The Morgan fingerprint density at radius 3 is 1.13 bits per heavy atom. The summed E-state index contributed by atoms with van der Waals surface area (Å²) in [5.41, 5.74) is -0.111. The normalized spacial score (nSPS) is 7.47. The number of rotatable bonds is 2. The Morgan fingerprint density at radius 2 is 1.00 bits per heavy atom. The van der Waals surface area contributed by atoms with Gasteiger partial charge in [-0.1, -0.05) is 24.3 Å². The topological polar surface area (TPSA) is 80.3 Å². The second-order valence-corrected chi connectivity index (χ2v) is 2.15. The van der Waals surface area contributed by atoms with Crippen molar-refractivity contribution in [2.24, 2.45) is 0 Å². The molecular weight excluding hydrogens is 407 g/mol. The van der Waals surface area contributed by atoms with E-state index in [2.05, 4.69) is 0 Å². The summed E-state index contributed by atoms with van der Waals surface area (Å²) < 4.78 is 0. The first kappa shape index (κ1) is 21.4. The van der Waals surface area contributed by atoms with Gasteiger partial charge in [-0.05, 0) is 11.1 Å². The SMILES string of the molecule is O=C([O-])c1ccc(C(=O)[O-])cc1.[Hg+2].[NaH].[NaH]. The molecule has 4 nitrogen and oxygen atoms in total. The Morgan fingerprint density at radius 1 is 0.800 bits per heavy atom. The first-order valence-corrected chi connectivity index (χ1v) is 3.14. The minimum absolute atomic E-state index is 0. The van der Waals surface area contributed by atoms with E-state index < -0.39 is 11.9 Å². The molecule has 0 heterocycles. The van der Waals surface area contributed by atoms with Crippen molar-refractivity contribution < 1.29 is 47.5 Å². The summed E-state index contributed by atoms with van der Waals surface area (Å²) >= 11 is 0. The predicted molar refractivity (Wildman–Crippen MR) is 49.4 cm³/mol. The van der Waals surface area contributed by atoms with E-state index in [0.717, 1.165) is 24.3 Å². The van der Waals surface area contributed by atoms with Gasteiger partial charge in [0, 0.05) is 0 Å². The molecule has 0 bridgehead atoms. The number of carbonyl (C=O) groups excluding carboxylic acids is 2. The van der Waals surface area contributed by atoms with E-state index in [1.807, 2.05) is 0 Å². The molecule has 0 spiro atoms. The summed E-state index contributed by atoms with van der Waals surface area (Å²) in [6.45, 7) is 0. The van der Waals surface area contributed by atoms with Crippen molar-refractivity contribution in [2.45, 2.75) is 0 Å². The van der Waals surface area contributed by atoms with Gasteiger partial charge in [-0.25, -0.2) is 0 Å². The van der Waals surface area contributed by atoms with Crippen molar-refractivity contribution >= 4 is 71.1 Å². The minimum atomic E-state index is -1.33. The van der Waals surface area contributed by atoms with E-state index in [-0.39, 0.29) is 97.9 Å². The third-order valence-electron chi connectivity index (χ3n) is 1.36. The number of hydrogen-bond acceptors (Lipinski definition) is 4. The van der Waals surface area contributed by atoms with Crippen LogP contribution >= 0.6 is 0 Å². The van der Waals surface area contributed by atoms with Gasteiger partial charge in [-0.2, -0.15) is 0 Å². The second kappa shape index (κ2) is 10.3. The molecule has 0 aliphatic heterocycles. The van der Waals surface area contributed by atoms with Crippen LogP contribution in [-0.4, -0.2) is 71.1 Å². The van der Waals surface area contributed by atoms with Gasteiger partial charge in [0.25, 0.3) is 0 Å². The van der Waals surface area contributed by atoms with Crippen LogP contribution in [0.1, 0.15) is 20.7 Å². The Bertz CT molecular complexity index is 293. The zero-order valence-electron chi connectivity index (χ0n) is 6.65. The summed E-state index contributed by atoms with van der Waals surface area (Å²) in [5, 5.41) is 20.4. The monoisotopic (exact) mass is 414 g/mol. The van der Waals surface area contributed by atoms with Gasteiger partial charge in [0.2, 0.25) is 0 Å². The summed E-state index contributed by atoms with van der Waals surface area (Å²) in [7, 11) is 0. The number of hydrogen-bond donors (Lipinski definition) is 0. The molecule has 0 amide bonds. The number of carboxylic acids is 2. The van der Waals surface area contributed by atoms with Crippen LogP contribution in [0.5, 0.6) is 0 Å². The van der Waals surface area contributed by atoms with E-state index in [9.17, 15) is 19.8 Å². The summed E-state index contributed by atoms with van der Waals surface area (Å²) in [5.74, 6) is -2.67. The first-order valence-electron chi connectivity index (χ1n) is 3.14. The van der Waals surface area contributed by atoms with Gasteiger partial charge >= 0.3 is 86.8 Å². The zero-order valence-corrected chi connectivity index (χ0v) is 12.1. The van der Waals surface area contributed by atoms with Crippen LogP contribution in [-0.2, 0) is 27.7 Å². The Hall–Kier alpha value is 1.10. The van der Waals surface area contributed by atoms with Gasteiger partial charge in [0.15, 0.2) is 0 Å². The van der Waals surface area contributed by atoms with Crippen molar-refractivity contribution in [2.75, 3.05) is 0 Å². The average molecular weight is 413 g/mol. The molecule has 1 rings (SSSR count). The number of aromatic carboxylic acids is 2. The van der Waals surface area contributed by atoms with Crippen molar-refractivity contribution in [3.05, 3.63) is 35.4 Å². The maximum atomic E-state index is 10.2. The van der Waals surface area contributed by atoms with E-state index in [0.29, 0.717) is 0 Å². The molecule has 0 saturated carbocycles. The van der Waals surface area contributed by atoms with Gasteiger partial charge < -0.3 is 19.8 Å². The van der Waals surface area contributed by atoms with Crippen LogP contribution in [0.2, 0.25) is 0 Å². The fourth-order valence-electron chi connectivity index (χ4n) is 0.742. The molecule has 7 heteroatoms. The van der Waals surface area contributed by atoms with Gasteiger partial charge in [0.1, 0.15) is 0 Å². The molecule has 0 aliphatic carbocycles. The van der Waals surface area contributed by atoms with Crippen molar-refractivity contribution in [3.63, 3.8) is 0 Å². The van der Waals surface area contributed by atoms with E-state index in [1.165, 1.54) is 0 Å². The molecule has 1 aromatic carbocycles.